The van der Waals surface area contributed by atoms with Crippen LogP contribution in [0.4, 0.5) is 0 Å². The molecule has 1 aromatic heterocycles. The molecule has 0 atom stereocenters. The van der Waals surface area contributed by atoms with Gasteiger partial charge in [0, 0.05) is 19.4 Å². The second-order valence-electron chi connectivity index (χ2n) is 2.83. The Morgan fingerprint density at radius 2 is 1.92 bits per heavy atom. The van der Waals surface area contributed by atoms with Crippen molar-refractivity contribution < 1.29 is 4.42 Å². The Balaban J connectivity index is 2.32. The molecular formula is C10H6OS2. The zero-order valence-corrected chi connectivity index (χ0v) is 8.37. The van der Waals surface area contributed by atoms with Gasteiger partial charge in [-0.25, -0.2) is 0 Å². The van der Waals surface area contributed by atoms with Crippen molar-refractivity contribution in [3.63, 3.8) is 0 Å². The molecule has 1 aliphatic heterocycles. The predicted octanol–water partition coefficient (Wildman–Crippen LogP) is 4.10. The Kier molecular flexibility index (Phi) is 1.51. The molecule has 0 N–H and O–H groups in total. The first-order valence-corrected chi connectivity index (χ1v) is 5.52. The van der Waals surface area contributed by atoms with Gasteiger partial charge >= 0.3 is 0 Å². The molecule has 0 radical (unpaired) electrons. The van der Waals surface area contributed by atoms with E-state index in [2.05, 4.69) is 18.7 Å². The van der Waals surface area contributed by atoms with E-state index in [4.69, 9.17) is 4.42 Å². The number of benzene rings is 1. The highest BCUT2D eigenvalue weighted by Crippen LogP contribution is 2.51. The summed E-state index contributed by atoms with van der Waals surface area (Å²) in [4.78, 5) is 2.56. The quantitative estimate of drug-likeness (QED) is 0.644. The molecule has 64 valence electrons. The first-order chi connectivity index (χ1) is 6.33. The van der Waals surface area contributed by atoms with Crippen molar-refractivity contribution in [2.24, 2.45) is 0 Å². The van der Waals surface area contributed by atoms with E-state index >= 15 is 0 Å². The van der Waals surface area contributed by atoms with Crippen LogP contribution >= 0.6 is 23.5 Å². The third-order valence-electron chi connectivity index (χ3n) is 1.97. The molecule has 1 aliphatic rings. The maximum atomic E-state index is 5.33. The van der Waals surface area contributed by atoms with E-state index in [1.807, 2.05) is 6.07 Å². The largest absolute Gasteiger partial charge is 0.464 e. The topological polar surface area (TPSA) is 13.1 Å². The molecule has 1 nitrogen and oxygen atoms in total. The summed E-state index contributed by atoms with van der Waals surface area (Å²) in [5, 5.41) is 1.17. The van der Waals surface area contributed by atoms with E-state index in [1.165, 1.54) is 15.2 Å². The van der Waals surface area contributed by atoms with E-state index in [9.17, 15) is 0 Å². The molecule has 0 amide bonds. The summed E-state index contributed by atoms with van der Waals surface area (Å²) < 4.78 is 6.47. The Morgan fingerprint density at radius 3 is 2.77 bits per heavy atom. The van der Waals surface area contributed by atoms with Gasteiger partial charge in [-0.1, -0.05) is 30.1 Å². The summed E-state index contributed by atoms with van der Waals surface area (Å²) in [6.07, 6.45) is 1.73. The number of hydrogen-bond donors (Lipinski definition) is 0. The molecule has 2 heterocycles. The van der Waals surface area contributed by atoms with Crippen molar-refractivity contribution >= 4 is 34.5 Å². The molecule has 3 rings (SSSR count). The average Bonchev–Trinajstić information content (AvgIpc) is 2.63. The minimum absolute atomic E-state index is 0.960. The van der Waals surface area contributed by atoms with E-state index < -0.39 is 0 Å². The standard InChI is InChI=1S/C10H6OS2/c1-6-12-9-4-7-2-3-11-8(7)5-10(9)13-6/h2-5H,1H2. The fourth-order valence-electron chi connectivity index (χ4n) is 1.40. The van der Waals surface area contributed by atoms with Crippen molar-refractivity contribution in [2.45, 2.75) is 9.79 Å². The van der Waals surface area contributed by atoms with Gasteiger partial charge in [-0.3, -0.25) is 0 Å². The molecule has 1 aromatic carbocycles. The van der Waals surface area contributed by atoms with Crippen LogP contribution in [0.25, 0.3) is 11.0 Å². The van der Waals surface area contributed by atoms with Gasteiger partial charge in [0.05, 0.1) is 6.26 Å². The normalized spacial score (nSPS) is 15.2. The Labute approximate surface area is 84.2 Å². The lowest BCUT2D eigenvalue weighted by Gasteiger charge is -1.94. The highest BCUT2D eigenvalue weighted by atomic mass is 32.2. The molecule has 0 aliphatic carbocycles. The monoisotopic (exact) mass is 206 g/mol. The molecule has 0 bridgehead atoms. The second-order valence-corrected chi connectivity index (χ2v) is 5.37. The van der Waals surface area contributed by atoms with Gasteiger partial charge in [0.15, 0.2) is 0 Å². The second kappa shape index (κ2) is 2.59. The van der Waals surface area contributed by atoms with Crippen molar-refractivity contribution in [3.8, 4) is 0 Å². The maximum absolute atomic E-state index is 5.33. The summed E-state index contributed by atoms with van der Waals surface area (Å²) in [5.41, 5.74) is 0.960. The Bertz CT molecular complexity index is 457. The van der Waals surface area contributed by atoms with Crippen LogP contribution in [0.3, 0.4) is 0 Å². The minimum Gasteiger partial charge on any atom is -0.464 e. The lowest BCUT2D eigenvalue weighted by atomic mass is 10.3. The SMILES string of the molecule is C=C1Sc2cc3ccoc3cc2S1. The zero-order valence-electron chi connectivity index (χ0n) is 6.74. The fraction of sp³-hybridized carbons (Fsp3) is 0. The van der Waals surface area contributed by atoms with E-state index in [-0.39, 0.29) is 0 Å². The molecule has 0 fully saturated rings. The summed E-state index contributed by atoms with van der Waals surface area (Å²) in [5.74, 6) is 0. The molecule has 0 saturated heterocycles. The van der Waals surface area contributed by atoms with Crippen LogP contribution in [0.15, 0.2) is 49.5 Å². The maximum Gasteiger partial charge on any atom is 0.135 e. The van der Waals surface area contributed by atoms with Crippen LogP contribution < -0.4 is 0 Å². The predicted molar refractivity (Wildman–Crippen MR) is 57.1 cm³/mol. The number of rotatable bonds is 0. The van der Waals surface area contributed by atoms with Crippen molar-refractivity contribution in [3.05, 3.63) is 35.3 Å². The van der Waals surface area contributed by atoms with Gasteiger partial charge < -0.3 is 4.42 Å². The van der Waals surface area contributed by atoms with Crippen molar-refractivity contribution in [2.75, 3.05) is 0 Å². The summed E-state index contributed by atoms with van der Waals surface area (Å²) in [6.45, 7) is 3.94. The van der Waals surface area contributed by atoms with Gasteiger partial charge in [0.2, 0.25) is 0 Å². The summed E-state index contributed by atoms with van der Waals surface area (Å²) in [7, 11) is 0. The van der Waals surface area contributed by atoms with Crippen LogP contribution in [0.5, 0.6) is 0 Å². The molecule has 0 saturated carbocycles. The lowest BCUT2D eigenvalue weighted by molar-refractivity contribution is 0.614. The molecule has 2 aromatic rings. The van der Waals surface area contributed by atoms with E-state index in [1.54, 1.807) is 29.8 Å². The summed E-state index contributed by atoms with van der Waals surface area (Å²) >= 11 is 3.45. The average molecular weight is 206 g/mol. The molecule has 13 heavy (non-hydrogen) atoms. The Hall–Kier alpha value is -0.800. The number of furan rings is 1. The lowest BCUT2D eigenvalue weighted by Crippen LogP contribution is -1.70. The van der Waals surface area contributed by atoms with Gasteiger partial charge in [0.25, 0.3) is 0 Å². The highest BCUT2D eigenvalue weighted by Gasteiger charge is 2.17. The highest BCUT2D eigenvalue weighted by molar-refractivity contribution is 8.24. The van der Waals surface area contributed by atoms with Crippen LogP contribution in [-0.2, 0) is 0 Å². The van der Waals surface area contributed by atoms with Crippen molar-refractivity contribution in [1.82, 2.24) is 0 Å². The zero-order chi connectivity index (χ0) is 8.84. The van der Waals surface area contributed by atoms with Gasteiger partial charge in [0.1, 0.15) is 5.58 Å². The van der Waals surface area contributed by atoms with Crippen molar-refractivity contribution in [1.29, 1.82) is 0 Å². The smallest absolute Gasteiger partial charge is 0.135 e. The fourth-order valence-corrected chi connectivity index (χ4v) is 3.51. The first-order valence-electron chi connectivity index (χ1n) is 3.89. The first kappa shape index (κ1) is 7.59. The van der Waals surface area contributed by atoms with Crippen LogP contribution in [0.1, 0.15) is 0 Å². The molecule has 0 unspecified atom stereocenters. The van der Waals surface area contributed by atoms with E-state index in [0.29, 0.717) is 0 Å². The van der Waals surface area contributed by atoms with Crippen LogP contribution in [-0.4, -0.2) is 0 Å². The van der Waals surface area contributed by atoms with Gasteiger partial charge in [-0.2, -0.15) is 0 Å². The molecule has 3 heteroatoms. The Morgan fingerprint density at radius 1 is 1.15 bits per heavy atom. The van der Waals surface area contributed by atoms with Gasteiger partial charge in [-0.15, -0.1) is 0 Å². The van der Waals surface area contributed by atoms with Crippen LogP contribution in [0, 0.1) is 0 Å². The number of thioether (sulfide) groups is 2. The third-order valence-corrected chi connectivity index (χ3v) is 4.17. The third kappa shape index (κ3) is 1.11. The number of fused-ring (bicyclic) bond motifs is 2. The summed E-state index contributed by atoms with van der Waals surface area (Å²) in [6, 6.07) is 6.23. The molecular weight excluding hydrogens is 200 g/mol. The number of hydrogen-bond acceptors (Lipinski definition) is 3. The van der Waals surface area contributed by atoms with E-state index in [0.717, 1.165) is 9.82 Å². The van der Waals surface area contributed by atoms with Gasteiger partial charge in [-0.05, 0) is 18.2 Å². The molecule has 0 spiro atoms. The van der Waals surface area contributed by atoms with Crippen LogP contribution in [0.2, 0.25) is 0 Å². The minimum atomic E-state index is 0.960.